The van der Waals surface area contributed by atoms with Gasteiger partial charge in [0, 0.05) is 0 Å². The van der Waals surface area contributed by atoms with E-state index in [1.54, 1.807) is 6.92 Å². The molecular formula is C7H12O3. The van der Waals surface area contributed by atoms with Gasteiger partial charge in [0.2, 0.25) is 0 Å². The Kier molecular flexibility index (Phi) is 2.46. The summed E-state index contributed by atoms with van der Waals surface area (Å²) in [5.74, 6) is -0.581. The van der Waals surface area contributed by atoms with Crippen LogP contribution in [0.25, 0.3) is 0 Å². The number of rotatable bonds is 3. The highest BCUT2D eigenvalue weighted by Crippen LogP contribution is 2.12. The van der Waals surface area contributed by atoms with Crippen molar-refractivity contribution in [1.82, 2.24) is 0 Å². The summed E-state index contributed by atoms with van der Waals surface area (Å²) in [6.07, 6.45) is 0. The van der Waals surface area contributed by atoms with Gasteiger partial charge in [-0.15, -0.1) is 0 Å². The molecule has 0 bridgehead atoms. The molecule has 0 aromatic heterocycles. The first-order chi connectivity index (χ1) is 4.36. The minimum atomic E-state index is -1.16. The van der Waals surface area contributed by atoms with Crippen molar-refractivity contribution in [3.8, 4) is 0 Å². The van der Waals surface area contributed by atoms with Crippen LogP contribution in [0.4, 0.5) is 0 Å². The normalized spacial score (nSPS) is 10.7. The third kappa shape index (κ3) is 2.53. The van der Waals surface area contributed by atoms with Gasteiger partial charge in [0.25, 0.3) is 0 Å². The van der Waals surface area contributed by atoms with Crippen LogP contribution in [0, 0.1) is 0 Å². The second kappa shape index (κ2) is 2.73. The SMILES string of the molecule is C=C(C)OC(C)(C)C(=O)O. The molecule has 3 heteroatoms. The van der Waals surface area contributed by atoms with Gasteiger partial charge in [0.05, 0.1) is 5.76 Å². The number of allylic oxidation sites excluding steroid dienone is 1. The first-order valence-corrected chi connectivity index (χ1v) is 2.94. The summed E-state index contributed by atoms with van der Waals surface area (Å²) in [6, 6.07) is 0. The Balaban J connectivity index is 4.13. The van der Waals surface area contributed by atoms with Crippen molar-refractivity contribution in [2.45, 2.75) is 26.4 Å². The molecule has 0 saturated heterocycles. The fourth-order valence-electron chi connectivity index (χ4n) is 0.479. The molecule has 0 spiro atoms. The maximum Gasteiger partial charge on any atom is 0.347 e. The largest absolute Gasteiger partial charge is 0.481 e. The predicted molar refractivity (Wildman–Crippen MR) is 37.6 cm³/mol. The smallest absolute Gasteiger partial charge is 0.347 e. The van der Waals surface area contributed by atoms with Crippen LogP contribution in [-0.2, 0) is 9.53 Å². The highest BCUT2D eigenvalue weighted by atomic mass is 16.5. The van der Waals surface area contributed by atoms with E-state index in [2.05, 4.69) is 6.58 Å². The van der Waals surface area contributed by atoms with Crippen LogP contribution in [0.5, 0.6) is 0 Å². The second-order valence-corrected chi connectivity index (χ2v) is 2.62. The summed E-state index contributed by atoms with van der Waals surface area (Å²) in [5, 5.41) is 8.52. The molecular weight excluding hydrogens is 132 g/mol. The fourth-order valence-corrected chi connectivity index (χ4v) is 0.479. The Morgan fingerprint density at radius 3 is 2.10 bits per heavy atom. The van der Waals surface area contributed by atoms with Crippen LogP contribution in [0.1, 0.15) is 20.8 Å². The van der Waals surface area contributed by atoms with Gasteiger partial charge in [-0.2, -0.15) is 0 Å². The Morgan fingerprint density at radius 1 is 1.60 bits per heavy atom. The monoisotopic (exact) mass is 144 g/mol. The van der Waals surface area contributed by atoms with Crippen LogP contribution in [0.3, 0.4) is 0 Å². The van der Waals surface area contributed by atoms with Crippen molar-refractivity contribution in [1.29, 1.82) is 0 Å². The minimum Gasteiger partial charge on any atom is -0.481 e. The molecule has 10 heavy (non-hydrogen) atoms. The molecule has 0 aromatic rings. The molecule has 0 saturated carbocycles. The number of carboxylic acids is 1. The maximum atomic E-state index is 10.4. The van der Waals surface area contributed by atoms with Gasteiger partial charge in [0.15, 0.2) is 5.60 Å². The highest BCUT2D eigenvalue weighted by Gasteiger charge is 2.28. The molecule has 0 aromatic carbocycles. The number of hydrogen-bond donors (Lipinski definition) is 1. The lowest BCUT2D eigenvalue weighted by Crippen LogP contribution is -2.33. The van der Waals surface area contributed by atoms with Crippen molar-refractivity contribution < 1.29 is 14.6 Å². The Hall–Kier alpha value is -0.990. The quantitative estimate of drug-likeness (QED) is 0.609. The molecule has 0 amide bonds. The van der Waals surface area contributed by atoms with Gasteiger partial charge >= 0.3 is 5.97 Å². The first-order valence-electron chi connectivity index (χ1n) is 2.94. The molecule has 0 heterocycles. The first kappa shape index (κ1) is 9.01. The van der Waals surface area contributed by atoms with E-state index in [0.29, 0.717) is 5.76 Å². The minimum absolute atomic E-state index is 0.410. The van der Waals surface area contributed by atoms with Gasteiger partial charge in [-0.3, -0.25) is 0 Å². The van der Waals surface area contributed by atoms with Gasteiger partial charge in [-0.05, 0) is 20.8 Å². The third-order valence-electron chi connectivity index (χ3n) is 0.944. The number of carboxylic acid groups (broad SMARTS) is 1. The van der Waals surface area contributed by atoms with Crippen LogP contribution < -0.4 is 0 Å². The average Bonchev–Trinajstić information content (AvgIpc) is 1.60. The Bertz CT molecular complexity index is 158. The molecule has 0 aliphatic heterocycles. The van der Waals surface area contributed by atoms with Gasteiger partial charge in [-0.25, -0.2) is 4.79 Å². The van der Waals surface area contributed by atoms with E-state index in [4.69, 9.17) is 9.84 Å². The summed E-state index contributed by atoms with van der Waals surface area (Å²) in [6.45, 7) is 8.01. The lowest BCUT2D eigenvalue weighted by Gasteiger charge is -2.20. The van der Waals surface area contributed by atoms with Crippen molar-refractivity contribution in [3.05, 3.63) is 12.3 Å². The number of ether oxygens (including phenoxy) is 1. The summed E-state index contributed by atoms with van der Waals surface area (Å²) in [7, 11) is 0. The topological polar surface area (TPSA) is 46.5 Å². The van der Waals surface area contributed by atoms with E-state index in [0.717, 1.165) is 0 Å². The summed E-state index contributed by atoms with van der Waals surface area (Å²) >= 11 is 0. The summed E-state index contributed by atoms with van der Waals surface area (Å²) in [4.78, 5) is 10.4. The van der Waals surface area contributed by atoms with Gasteiger partial charge < -0.3 is 9.84 Å². The molecule has 1 N–H and O–H groups in total. The van der Waals surface area contributed by atoms with Crippen molar-refractivity contribution >= 4 is 5.97 Å². The molecule has 0 aliphatic carbocycles. The molecule has 0 radical (unpaired) electrons. The van der Waals surface area contributed by atoms with E-state index in [1.807, 2.05) is 0 Å². The summed E-state index contributed by atoms with van der Waals surface area (Å²) in [5.41, 5.74) is -1.16. The number of carbonyl (C=O) groups is 1. The van der Waals surface area contributed by atoms with Crippen molar-refractivity contribution in [2.24, 2.45) is 0 Å². The lowest BCUT2D eigenvalue weighted by atomic mass is 10.1. The molecule has 3 nitrogen and oxygen atoms in total. The Morgan fingerprint density at radius 2 is 2.00 bits per heavy atom. The fraction of sp³-hybridized carbons (Fsp3) is 0.571. The van der Waals surface area contributed by atoms with Crippen molar-refractivity contribution in [2.75, 3.05) is 0 Å². The van der Waals surface area contributed by atoms with E-state index in [1.165, 1.54) is 13.8 Å². The second-order valence-electron chi connectivity index (χ2n) is 2.62. The Labute approximate surface area is 60.3 Å². The van der Waals surface area contributed by atoms with Crippen LogP contribution >= 0.6 is 0 Å². The summed E-state index contributed by atoms with van der Waals surface area (Å²) < 4.78 is 4.91. The van der Waals surface area contributed by atoms with Crippen LogP contribution in [-0.4, -0.2) is 16.7 Å². The lowest BCUT2D eigenvalue weighted by molar-refractivity contribution is -0.156. The van der Waals surface area contributed by atoms with E-state index >= 15 is 0 Å². The highest BCUT2D eigenvalue weighted by molar-refractivity contribution is 5.76. The van der Waals surface area contributed by atoms with E-state index in [-0.39, 0.29) is 0 Å². The van der Waals surface area contributed by atoms with E-state index in [9.17, 15) is 4.79 Å². The average molecular weight is 144 g/mol. The molecule has 0 rings (SSSR count). The molecule has 0 unspecified atom stereocenters. The zero-order valence-electron chi connectivity index (χ0n) is 6.47. The molecule has 0 fully saturated rings. The molecule has 0 aliphatic rings. The molecule has 0 atom stereocenters. The van der Waals surface area contributed by atoms with Gasteiger partial charge in [-0.1, -0.05) is 6.58 Å². The zero-order chi connectivity index (χ0) is 8.36. The van der Waals surface area contributed by atoms with Crippen LogP contribution in [0.15, 0.2) is 12.3 Å². The third-order valence-corrected chi connectivity index (χ3v) is 0.944. The van der Waals surface area contributed by atoms with Crippen molar-refractivity contribution in [3.63, 3.8) is 0 Å². The predicted octanol–water partition coefficient (Wildman–Crippen LogP) is 1.40. The maximum absolute atomic E-state index is 10.4. The number of hydrogen-bond acceptors (Lipinski definition) is 2. The standard InChI is InChI=1S/C7H12O3/c1-5(2)10-7(3,4)6(8)9/h1H2,2-4H3,(H,8,9). The van der Waals surface area contributed by atoms with Gasteiger partial charge in [0.1, 0.15) is 0 Å². The van der Waals surface area contributed by atoms with E-state index < -0.39 is 11.6 Å². The zero-order valence-corrected chi connectivity index (χ0v) is 6.47. The van der Waals surface area contributed by atoms with Crippen LogP contribution in [0.2, 0.25) is 0 Å². The number of aliphatic carboxylic acids is 1. The molecule has 58 valence electrons.